The normalized spacial score (nSPS) is 49.8. The highest BCUT2D eigenvalue weighted by Crippen LogP contribution is 2.69. The van der Waals surface area contributed by atoms with E-state index in [9.17, 15) is 10.2 Å². The number of fused-ring (bicyclic) bond motifs is 5. The summed E-state index contributed by atoms with van der Waals surface area (Å²) in [6.07, 6.45) is 13.0. The van der Waals surface area contributed by atoms with E-state index < -0.39 is 11.2 Å². The Morgan fingerprint density at radius 3 is 2.31 bits per heavy atom. The second-order valence-electron chi connectivity index (χ2n) is 13.8. The lowest BCUT2D eigenvalue weighted by Gasteiger charge is -2.63. The standard InChI is InChI=1S/C29H52O3/c1-8-29(31)17-20-9-10-21-23-12-11-22(19(2)13-15-26(3,4)30)27(23,5)16-14-24(21)28(20,6)18-25(29)32-7/h19-25,30-31H,8-18H2,1-7H3/t19-,20+,21+,22?,23+,24+,25+,27-,28+,29-/m1/s1. The Morgan fingerprint density at radius 1 is 1.00 bits per heavy atom. The van der Waals surface area contributed by atoms with Crippen LogP contribution >= 0.6 is 0 Å². The Morgan fingerprint density at radius 2 is 1.69 bits per heavy atom. The van der Waals surface area contributed by atoms with E-state index in [0.29, 0.717) is 22.7 Å². The molecule has 2 N–H and O–H groups in total. The minimum Gasteiger partial charge on any atom is -0.390 e. The van der Waals surface area contributed by atoms with Crippen LogP contribution in [0.4, 0.5) is 0 Å². The molecule has 0 bridgehead atoms. The van der Waals surface area contributed by atoms with Crippen molar-refractivity contribution in [1.29, 1.82) is 0 Å². The van der Waals surface area contributed by atoms with E-state index in [2.05, 4.69) is 27.7 Å². The molecule has 0 aromatic heterocycles. The molecule has 4 aliphatic rings. The van der Waals surface area contributed by atoms with Gasteiger partial charge in [-0.15, -0.1) is 0 Å². The Labute approximate surface area is 198 Å². The van der Waals surface area contributed by atoms with Gasteiger partial charge >= 0.3 is 0 Å². The molecular formula is C29H52O3. The minimum absolute atomic E-state index is 0.0148. The van der Waals surface area contributed by atoms with Crippen LogP contribution in [0.1, 0.15) is 112 Å². The quantitative estimate of drug-likeness (QED) is 0.481. The number of hydrogen-bond acceptors (Lipinski definition) is 3. The fourth-order valence-corrected chi connectivity index (χ4v) is 9.77. The Balaban J connectivity index is 1.52. The van der Waals surface area contributed by atoms with Crippen molar-refractivity contribution in [2.75, 3.05) is 7.11 Å². The first-order chi connectivity index (χ1) is 14.9. The monoisotopic (exact) mass is 448 g/mol. The maximum Gasteiger partial charge on any atom is 0.0908 e. The van der Waals surface area contributed by atoms with Crippen molar-refractivity contribution in [3.63, 3.8) is 0 Å². The third kappa shape index (κ3) is 4.01. The predicted molar refractivity (Wildman–Crippen MR) is 131 cm³/mol. The van der Waals surface area contributed by atoms with Crippen molar-refractivity contribution in [3.8, 4) is 0 Å². The van der Waals surface area contributed by atoms with Gasteiger partial charge in [-0.25, -0.2) is 0 Å². The van der Waals surface area contributed by atoms with Gasteiger partial charge in [-0.2, -0.15) is 0 Å². The van der Waals surface area contributed by atoms with E-state index in [1.54, 1.807) is 0 Å². The number of ether oxygens (including phenoxy) is 1. The molecule has 0 spiro atoms. The predicted octanol–water partition coefficient (Wildman–Crippen LogP) is 6.60. The first-order valence-electron chi connectivity index (χ1n) is 13.9. The summed E-state index contributed by atoms with van der Waals surface area (Å²) in [4.78, 5) is 0. The van der Waals surface area contributed by atoms with E-state index in [0.717, 1.165) is 55.8 Å². The summed E-state index contributed by atoms with van der Waals surface area (Å²) in [5.41, 5.74) is -0.389. The van der Waals surface area contributed by atoms with Gasteiger partial charge in [0.15, 0.2) is 0 Å². The van der Waals surface area contributed by atoms with Gasteiger partial charge in [0.25, 0.3) is 0 Å². The van der Waals surface area contributed by atoms with Gasteiger partial charge in [0, 0.05) is 7.11 Å². The molecule has 0 saturated heterocycles. The lowest BCUT2D eigenvalue weighted by atomic mass is 9.43. The number of aliphatic hydroxyl groups is 2. The zero-order valence-electron chi connectivity index (χ0n) is 22.1. The van der Waals surface area contributed by atoms with Gasteiger partial charge in [-0.1, -0.05) is 27.7 Å². The maximum absolute atomic E-state index is 11.3. The summed E-state index contributed by atoms with van der Waals surface area (Å²) in [6, 6.07) is 0. The highest BCUT2D eigenvalue weighted by Gasteiger charge is 2.63. The number of methoxy groups -OCH3 is 1. The van der Waals surface area contributed by atoms with Crippen molar-refractivity contribution >= 4 is 0 Å². The average molecular weight is 449 g/mol. The first-order valence-corrected chi connectivity index (χ1v) is 13.9. The molecule has 3 nitrogen and oxygen atoms in total. The zero-order valence-corrected chi connectivity index (χ0v) is 22.1. The van der Waals surface area contributed by atoms with Crippen molar-refractivity contribution in [3.05, 3.63) is 0 Å². The lowest BCUT2D eigenvalue weighted by molar-refractivity contribution is -0.205. The van der Waals surface area contributed by atoms with Crippen LogP contribution in [0.15, 0.2) is 0 Å². The first kappa shape index (κ1) is 25.0. The molecule has 0 heterocycles. The highest BCUT2D eigenvalue weighted by molar-refractivity contribution is 5.12. The van der Waals surface area contributed by atoms with Crippen LogP contribution in [0, 0.1) is 46.3 Å². The fourth-order valence-electron chi connectivity index (χ4n) is 9.77. The molecule has 0 aromatic rings. The third-order valence-corrected chi connectivity index (χ3v) is 11.8. The van der Waals surface area contributed by atoms with Crippen molar-refractivity contribution in [1.82, 2.24) is 0 Å². The largest absolute Gasteiger partial charge is 0.390 e. The summed E-state index contributed by atoms with van der Waals surface area (Å²) in [7, 11) is 1.81. The average Bonchev–Trinajstić information content (AvgIpc) is 3.09. The molecule has 3 heteroatoms. The van der Waals surface area contributed by atoms with Crippen LogP contribution in [-0.2, 0) is 4.74 Å². The smallest absolute Gasteiger partial charge is 0.0908 e. The molecule has 4 saturated carbocycles. The van der Waals surface area contributed by atoms with Crippen LogP contribution in [0.25, 0.3) is 0 Å². The summed E-state index contributed by atoms with van der Waals surface area (Å²) in [5, 5.41) is 21.6. The second-order valence-corrected chi connectivity index (χ2v) is 13.8. The second kappa shape index (κ2) is 8.52. The summed E-state index contributed by atoms with van der Waals surface area (Å²) in [5.74, 6) is 4.67. The Hall–Kier alpha value is -0.120. The summed E-state index contributed by atoms with van der Waals surface area (Å²) < 4.78 is 5.93. The van der Waals surface area contributed by atoms with E-state index in [4.69, 9.17) is 4.74 Å². The molecule has 186 valence electrons. The number of rotatable bonds is 6. The van der Waals surface area contributed by atoms with Gasteiger partial charge in [0.2, 0.25) is 0 Å². The topological polar surface area (TPSA) is 49.7 Å². The molecule has 0 aromatic carbocycles. The van der Waals surface area contributed by atoms with E-state index in [1.807, 2.05) is 21.0 Å². The van der Waals surface area contributed by atoms with Gasteiger partial charge < -0.3 is 14.9 Å². The molecule has 1 unspecified atom stereocenters. The van der Waals surface area contributed by atoms with E-state index in [1.165, 1.54) is 38.5 Å². The minimum atomic E-state index is -0.636. The molecule has 4 aliphatic carbocycles. The molecule has 4 rings (SSSR count). The van der Waals surface area contributed by atoms with Crippen molar-refractivity contribution < 1.29 is 14.9 Å². The fraction of sp³-hybridized carbons (Fsp3) is 1.00. The Kier molecular flexibility index (Phi) is 6.65. The molecule has 10 atom stereocenters. The molecule has 0 amide bonds. The lowest BCUT2D eigenvalue weighted by Crippen LogP contribution is -2.60. The molecule has 0 aliphatic heterocycles. The van der Waals surface area contributed by atoms with Gasteiger partial charge in [-0.3, -0.25) is 0 Å². The molecule has 32 heavy (non-hydrogen) atoms. The van der Waals surface area contributed by atoms with E-state index in [-0.39, 0.29) is 6.10 Å². The highest BCUT2D eigenvalue weighted by atomic mass is 16.5. The van der Waals surface area contributed by atoms with Gasteiger partial charge in [-0.05, 0) is 131 Å². The van der Waals surface area contributed by atoms with Gasteiger partial charge in [0.05, 0.1) is 17.3 Å². The zero-order chi connectivity index (χ0) is 23.5. The van der Waals surface area contributed by atoms with Crippen LogP contribution in [0.2, 0.25) is 0 Å². The molecule has 4 fully saturated rings. The summed E-state index contributed by atoms with van der Waals surface area (Å²) >= 11 is 0. The number of hydrogen-bond donors (Lipinski definition) is 2. The molecular weight excluding hydrogens is 396 g/mol. The van der Waals surface area contributed by atoms with Crippen LogP contribution < -0.4 is 0 Å². The van der Waals surface area contributed by atoms with Crippen LogP contribution in [-0.4, -0.2) is 34.6 Å². The van der Waals surface area contributed by atoms with Gasteiger partial charge in [0.1, 0.15) is 0 Å². The van der Waals surface area contributed by atoms with Crippen LogP contribution in [0.5, 0.6) is 0 Å². The SMILES string of the molecule is CC[C@@]1(O)C[C@@H]2CC[C@@H]3[C@H](CC[C@]4(C)C([C@H](C)CCC(C)(C)O)CC[C@@H]34)[C@@]2(C)C[C@@H]1OC. The maximum atomic E-state index is 11.3. The third-order valence-electron chi connectivity index (χ3n) is 11.8. The van der Waals surface area contributed by atoms with Crippen molar-refractivity contribution in [2.45, 2.75) is 129 Å². The Bertz CT molecular complexity index is 670. The van der Waals surface area contributed by atoms with Crippen molar-refractivity contribution in [2.24, 2.45) is 46.3 Å². The van der Waals surface area contributed by atoms with E-state index >= 15 is 0 Å². The summed E-state index contributed by atoms with van der Waals surface area (Å²) in [6.45, 7) is 13.7. The van der Waals surface area contributed by atoms with Crippen LogP contribution in [0.3, 0.4) is 0 Å². The molecule has 0 radical (unpaired) electrons.